The van der Waals surface area contributed by atoms with E-state index in [9.17, 15) is 5.21 Å². The first-order valence-electron chi connectivity index (χ1n) is 4.36. The van der Waals surface area contributed by atoms with Crippen LogP contribution in [0.2, 0.25) is 0 Å². The number of nitrogens with zero attached hydrogens (tertiary/aromatic N) is 2. The summed E-state index contributed by atoms with van der Waals surface area (Å²) in [6, 6.07) is 5.42. The van der Waals surface area contributed by atoms with E-state index in [0.29, 0.717) is 5.52 Å². The average molecular weight is 218 g/mol. The third kappa shape index (κ3) is 1.37. The van der Waals surface area contributed by atoms with Gasteiger partial charge in [-0.2, -0.15) is 4.73 Å². The summed E-state index contributed by atoms with van der Waals surface area (Å²) in [5.41, 5.74) is 0.698. The number of hydrogen-bond acceptors (Lipinski definition) is 4. The van der Waals surface area contributed by atoms with Crippen LogP contribution in [0.3, 0.4) is 0 Å². The van der Waals surface area contributed by atoms with E-state index in [2.05, 4.69) is 4.98 Å². The van der Waals surface area contributed by atoms with Crippen LogP contribution >= 0.6 is 11.3 Å². The van der Waals surface area contributed by atoms with Gasteiger partial charge in [0.1, 0.15) is 5.52 Å². The highest BCUT2D eigenvalue weighted by Crippen LogP contribution is 2.29. The monoisotopic (exact) mass is 218 g/mol. The molecule has 0 aliphatic heterocycles. The number of rotatable bonds is 1. The van der Waals surface area contributed by atoms with Gasteiger partial charge < -0.3 is 9.62 Å². The Balaban J connectivity index is 2.22. The summed E-state index contributed by atoms with van der Waals surface area (Å²) >= 11 is 1.51. The summed E-state index contributed by atoms with van der Waals surface area (Å²) in [4.78, 5) is 4.32. The molecule has 15 heavy (non-hydrogen) atoms. The summed E-state index contributed by atoms with van der Waals surface area (Å²) in [5, 5.41) is 11.8. The number of thiazole rings is 1. The Bertz CT molecular complexity index is 601. The van der Waals surface area contributed by atoms with Crippen molar-refractivity contribution in [3.8, 4) is 10.8 Å². The molecule has 0 fully saturated rings. The van der Waals surface area contributed by atoms with Crippen molar-refractivity contribution in [1.82, 2.24) is 4.98 Å². The average Bonchev–Trinajstić information content (AvgIpc) is 2.84. The van der Waals surface area contributed by atoms with Crippen molar-refractivity contribution in [1.29, 1.82) is 0 Å². The van der Waals surface area contributed by atoms with Gasteiger partial charge in [0.2, 0.25) is 6.20 Å². The number of pyridine rings is 1. The van der Waals surface area contributed by atoms with E-state index in [1.807, 2.05) is 12.1 Å². The SMILES string of the molecule is [O-][n+]1ccc2sc(-c3ccco3)nc2c1. The summed E-state index contributed by atoms with van der Waals surface area (Å²) in [6.45, 7) is 0. The van der Waals surface area contributed by atoms with Crippen LogP contribution in [0.25, 0.3) is 21.0 Å². The highest BCUT2D eigenvalue weighted by molar-refractivity contribution is 7.21. The second kappa shape index (κ2) is 3.06. The lowest BCUT2D eigenvalue weighted by atomic mass is 10.4. The number of hydrogen-bond donors (Lipinski definition) is 0. The van der Waals surface area contributed by atoms with Gasteiger partial charge >= 0.3 is 0 Å². The summed E-state index contributed by atoms with van der Waals surface area (Å²) < 4.78 is 6.97. The molecular formula is C10H6N2O2S. The Morgan fingerprint density at radius 2 is 2.33 bits per heavy atom. The molecule has 4 nitrogen and oxygen atoms in total. The Kier molecular flexibility index (Phi) is 1.72. The van der Waals surface area contributed by atoms with Crippen molar-refractivity contribution >= 4 is 21.6 Å². The Morgan fingerprint density at radius 3 is 3.13 bits per heavy atom. The van der Waals surface area contributed by atoms with Crippen molar-refractivity contribution in [2.24, 2.45) is 0 Å². The van der Waals surface area contributed by atoms with Gasteiger partial charge in [0, 0.05) is 6.07 Å². The first kappa shape index (κ1) is 8.43. The van der Waals surface area contributed by atoms with Gasteiger partial charge in [-0.1, -0.05) is 0 Å². The van der Waals surface area contributed by atoms with E-state index >= 15 is 0 Å². The molecule has 3 heterocycles. The van der Waals surface area contributed by atoms with Crippen LogP contribution in [0.5, 0.6) is 0 Å². The quantitative estimate of drug-likeness (QED) is 0.464. The molecule has 3 aromatic heterocycles. The Labute approximate surface area is 89.0 Å². The van der Waals surface area contributed by atoms with E-state index in [1.165, 1.54) is 23.7 Å². The summed E-state index contributed by atoms with van der Waals surface area (Å²) in [5.74, 6) is 0.730. The maximum absolute atomic E-state index is 11.0. The van der Waals surface area contributed by atoms with Crippen molar-refractivity contribution in [2.75, 3.05) is 0 Å². The summed E-state index contributed by atoms with van der Waals surface area (Å²) in [6.07, 6.45) is 4.53. The Morgan fingerprint density at radius 1 is 1.40 bits per heavy atom. The molecule has 0 saturated carbocycles. The van der Waals surface area contributed by atoms with Crippen LogP contribution in [0, 0.1) is 5.21 Å². The third-order valence-electron chi connectivity index (χ3n) is 2.04. The fraction of sp³-hybridized carbons (Fsp3) is 0. The Hall–Kier alpha value is -1.88. The number of aromatic nitrogens is 2. The molecule has 0 aromatic carbocycles. The molecule has 0 atom stereocenters. The minimum absolute atomic E-state index is 0.698. The molecule has 0 unspecified atom stereocenters. The van der Waals surface area contributed by atoms with Gasteiger partial charge in [-0.25, -0.2) is 4.98 Å². The first-order chi connectivity index (χ1) is 7.33. The highest BCUT2D eigenvalue weighted by atomic mass is 32.1. The van der Waals surface area contributed by atoms with Gasteiger partial charge in [-0.15, -0.1) is 11.3 Å². The van der Waals surface area contributed by atoms with Crippen molar-refractivity contribution in [2.45, 2.75) is 0 Å². The van der Waals surface area contributed by atoms with E-state index in [0.717, 1.165) is 20.2 Å². The van der Waals surface area contributed by atoms with Crippen LogP contribution < -0.4 is 4.73 Å². The van der Waals surface area contributed by atoms with Gasteiger partial charge in [0.05, 0.1) is 11.0 Å². The van der Waals surface area contributed by atoms with E-state index in [-0.39, 0.29) is 0 Å². The van der Waals surface area contributed by atoms with Crippen LogP contribution in [0.1, 0.15) is 0 Å². The van der Waals surface area contributed by atoms with Crippen molar-refractivity contribution in [3.63, 3.8) is 0 Å². The largest absolute Gasteiger partial charge is 0.619 e. The van der Waals surface area contributed by atoms with Crippen LogP contribution in [0.4, 0.5) is 0 Å². The molecule has 3 rings (SSSR count). The predicted octanol–water partition coefficient (Wildman–Crippen LogP) is 2.19. The fourth-order valence-electron chi connectivity index (χ4n) is 1.37. The summed E-state index contributed by atoms with van der Waals surface area (Å²) in [7, 11) is 0. The lowest BCUT2D eigenvalue weighted by Gasteiger charge is -1.91. The smallest absolute Gasteiger partial charge is 0.207 e. The zero-order valence-electron chi connectivity index (χ0n) is 7.58. The lowest BCUT2D eigenvalue weighted by molar-refractivity contribution is -0.603. The molecule has 0 bridgehead atoms. The molecule has 0 saturated heterocycles. The molecule has 0 radical (unpaired) electrons. The van der Waals surface area contributed by atoms with Gasteiger partial charge in [0.15, 0.2) is 17.0 Å². The van der Waals surface area contributed by atoms with Crippen molar-refractivity contribution in [3.05, 3.63) is 42.1 Å². The standard InChI is InChI=1S/C10H6N2O2S/c13-12-4-3-9-7(6-12)11-10(15-9)8-2-1-5-14-8/h1-6H. The van der Waals surface area contributed by atoms with Gasteiger partial charge in [0.25, 0.3) is 0 Å². The second-order valence-electron chi connectivity index (χ2n) is 3.05. The number of furan rings is 1. The van der Waals surface area contributed by atoms with Crippen LogP contribution in [0.15, 0.2) is 41.3 Å². The van der Waals surface area contributed by atoms with E-state index in [1.54, 1.807) is 12.3 Å². The lowest BCUT2D eigenvalue weighted by Crippen LogP contribution is -2.23. The number of fused-ring (bicyclic) bond motifs is 1. The molecular weight excluding hydrogens is 212 g/mol. The molecule has 5 heteroatoms. The predicted molar refractivity (Wildman–Crippen MR) is 56.3 cm³/mol. The molecule has 0 amide bonds. The van der Waals surface area contributed by atoms with Gasteiger partial charge in [-0.05, 0) is 12.1 Å². The van der Waals surface area contributed by atoms with Gasteiger partial charge in [-0.3, -0.25) is 0 Å². The van der Waals surface area contributed by atoms with Crippen molar-refractivity contribution < 1.29 is 9.15 Å². The normalized spacial score (nSPS) is 10.9. The topological polar surface area (TPSA) is 53.0 Å². The molecule has 74 valence electrons. The maximum atomic E-state index is 11.0. The van der Waals surface area contributed by atoms with Crippen LogP contribution in [-0.2, 0) is 0 Å². The van der Waals surface area contributed by atoms with E-state index < -0.39 is 0 Å². The molecule has 0 N–H and O–H groups in total. The maximum Gasteiger partial charge on any atom is 0.207 e. The minimum atomic E-state index is 0.698. The zero-order chi connectivity index (χ0) is 10.3. The molecule has 0 aliphatic carbocycles. The van der Waals surface area contributed by atoms with Crippen LogP contribution in [-0.4, -0.2) is 4.98 Å². The highest BCUT2D eigenvalue weighted by Gasteiger charge is 2.09. The molecule has 0 spiro atoms. The third-order valence-corrected chi connectivity index (χ3v) is 3.09. The minimum Gasteiger partial charge on any atom is -0.619 e. The van der Waals surface area contributed by atoms with E-state index in [4.69, 9.17) is 4.42 Å². The zero-order valence-corrected chi connectivity index (χ0v) is 8.40. The molecule has 0 aliphatic rings. The fourth-order valence-corrected chi connectivity index (χ4v) is 2.27. The second-order valence-corrected chi connectivity index (χ2v) is 4.08. The first-order valence-corrected chi connectivity index (χ1v) is 5.18. The molecule has 3 aromatic rings.